The summed E-state index contributed by atoms with van der Waals surface area (Å²) in [5.41, 5.74) is 0. The minimum Gasteiger partial charge on any atom is -0.480 e. The van der Waals surface area contributed by atoms with Gasteiger partial charge in [-0.05, 0) is 19.8 Å². The molecule has 0 aliphatic rings. The van der Waals surface area contributed by atoms with Crippen molar-refractivity contribution in [2.24, 2.45) is 0 Å². The molecular formula is C18H33N3O6S. The Balaban J connectivity index is 4.41. The Morgan fingerprint density at radius 3 is 2.21 bits per heavy atom. The van der Waals surface area contributed by atoms with Gasteiger partial charge in [0.2, 0.25) is 11.8 Å². The van der Waals surface area contributed by atoms with Crippen LogP contribution in [0, 0.1) is 0 Å². The van der Waals surface area contributed by atoms with Crippen molar-refractivity contribution in [3.05, 3.63) is 0 Å². The maximum atomic E-state index is 12.0. The highest BCUT2D eigenvalue weighted by molar-refractivity contribution is 7.80. The number of carboxylic acid groups (broad SMARTS) is 2. The van der Waals surface area contributed by atoms with Crippen molar-refractivity contribution in [3.8, 4) is 0 Å². The fourth-order valence-corrected chi connectivity index (χ4v) is 2.86. The molecule has 0 saturated carbocycles. The summed E-state index contributed by atoms with van der Waals surface area (Å²) in [4.78, 5) is 45.8. The number of nitrogens with one attached hydrogen (secondary N) is 3. The van der Waals surface area contributed by atoms with Crippen LogP contribution in [0.4, 0.5) is 0 Å². The number of carboxylic acids is 2. The summed E-state index contributed by atoms with van der Waals surface area (Å²) in [6.07, 6.45) is 5.28. The molecule has 28 heavy (non-hydrogen) atoms. The van der Waals surface area contributed by atoms with Crippen LogP contribution in [0.2, 0.25) is 0 Å². The smallest absolute Gasteiger partial charge is 0.322 e. The van der Waals surface area contributed by atoms with Gasteiger partial charge >= 0.3 is 11.9 Å². The molecule has 0 heterocycles. The number of carbonyl (C=O) groups is 4. The van der Waals surface area contributed by atoms with Crippen molar-refractivity contribution in [2.75, 3.05) is 12.3 Å². The molecule has 0 aliphatic heterocycles. The Morgan fingerprint density at radius 1 is 1.00 bits per heavy atom. The summed E-state index contributed by atoms with van der Waals surface area (Å²) >= 11 is 3.98. The number of carbonyl (C=O) groups excluding carboxylic acids is 2. The van der Waals surface area contributed by atoms with Gasteiger partial charge in [0.15, 0.2) is 0 Å². The van der Waals surface area contributed by atoms with Gasteiger partial charge in [-0.3, -0.25) is 19.2 Å². The molecule has 0 aromatic carbocycles. The molecule has 3 atom stereocenters. The van der Waals surface area contributed by atoms with E-state index in [9.17, 15) is 24.3 Å². The van der Waals surface area contributed by atoms with Gasteiger partial charge in [-0.15, -0.1) is 0 Å². The molecule has 0 radical (unpaired) electrons. The van der Waals surface area contributed by atoms with E-state index in [4.69, 9.17) is 5.11 Å². The SMILES string of the molecule is CCCCCCC(C)N[C@@H](CCC(=O)N[C@@H](CS)C(=O)NCC(=O)O)C(=O)O. The fraction of sp³-hybridized carbons (Fsp3) is 0.778. The highest BCUT2D eigenvalue weighted by Gasteiger charge is 2.23. The van der Waals surface area contributed by atoms with Crippen LogP contribution >= 0.6 is 12.6 Å². The number of thiol groups is 1. The highest BCUT2D eigenvalue weighted by Crippen LogP contribution is 2.08. The second kappa shape index (κ2) is 15.2. The quantitative estimate of drug-likeness (QED) is 0.160. The first-order valence-electron chi connectivity index (χ1n) is 9.59. The molecular weight excluding hydrogens is 386 g/mol. The average molecular weight is 420 g/mol. The number of aliphatic carboxylic acids is 2. The standard InChI is InChI=1S/C18H33N3O6S/c1-3-4-5-6-7-12(2)20-13(18(26)27)8-9-15(22)21-14(11-28)17(25)19-10-16(23)24/h12-14,20,28H,3-11H2,1-2H3,(H,19,25)(H,21,22)(H,23,24)(H,26,27)/t12?,13-,14-/m0/s1. The average Bonchev–Trinajstić information content (AvgIpc) is 2.64. The molecule has 0 saturated heterocycles. The summed E-state index contributed by atoms with van der Waals surface area (Å²) in [6, 6.07) is -1.82. The van der Waals surface area contributed by atoms with Crippen molar-refractivity contribution < 1.29 is 29.4 Å². The largest absolute Gasteiger partial charge is 0.480 e. The molecule has 10 heteroatoms. The normalized spacial score (nSPS) is 14.0. The zero-order valence-corrected chi connectivity index (χ0v) is 17.5. The molecule has 0 rings (SSSR count). The summed E-state index contributed by atoms with van der Waals surface area (Å²) in [5, 5.41) is 25.6. The van der Waals surface area contributed by atoms with Crippen LogP contribution < -0.4 is 16.0 Å². The van der Waals surface area contributed by atoms with Crippen molar-refractivity contribution in [3.63, 3.8) is 0 Å². The monoisotopic (exact) mass is 419 g/mol. The van der Waals surface area contributed by atoms with Crippen molar-refractivity contribution in [2.45, 2.75) is 76.9 Å². The van der Waals surface area contributed by atoms with Gasteiger partial charge < -0.3 is 26.2 Å². The number of rotatable bonds is 16. The van der Waals surface area contributed by atoms with Crippen LogP contribution in [0.25, 0.3) is 0 Å². The Kier molecular flexibility index (Phi) is 14.2. The molecule has 0 fully saturated rings. The lowest BCUT2D eigenvalue weighted by Gasteiger charge is -2.21. The maximum absolute atomic E-state index is 12.0. The summed E-state index contributed by atoms with van der Waals surface area (Å²) in [5.74, 6) is -3.38. The van der Waals surface area contributed by atoms with E-state index in [1.54, 1.807) is 0 Å². The summed E-state index contributed by atoms with van der Waals surface area (Å²) < 4.78 is 0. The Morgan fingerprint density at radius 2 is 1.68 bits per heavy atom. The van der Waals surface area contributed by atoms with Crippen LogP contribution in [-0.2, 0) is 19.2 Å². The first-order chi connectivity index (χ1) is 13.2. The molecule has 162 valence electrons. The maximum Gasteiger partial charge on any atom is 0.322 e. The van der Waals surface area contributed by atoms with Crippen LogP contribution in [0.1, 0.15) is 58.8 Å². The predicted molar refractivity (Wildman–Crippen MR) is 108 cm³/mol. The highest BCUT2D eigenvalue weighted by atomic mass is 32.1. The van der Waals surface area contributed by atoms with E-state index in [-0.39, 0.29) is 24.6 Å². The first kappa shape index (κ1) is 26.2. The molecule has 0 aliphatic carbocycles. The molecule has 5 N–H and O–H groups in total. The van der Waals surface area contributed by atoms with Crippen molar-refractivity contribution in [1.82, 2.24) is 16.0 Å². The van der Waals surface area contributed by atoms with E-state index >= 15 is 0 Å². The van der Waals surface area contributed by atoms with E-state index in [2.05, 4.69) is 35.5 Å². The zero-order valence-electron chi connectivity index (χ0n) is 16.6. The molecule has 0 bridgehead atoms. The van der Waals surface area contributed by atoms with Crippen LogP contribution in [-0.4, -0.2) is 64.4 Å². The van der Waals surface area contributed by atoms with Gasteiger partial charge in [0.1, 0.15) is 18.6 Å². The molecule has 1 unspecified atom stereocenters. The summed E-state index contributed by atoms with van der Waals surface area (Å²) in [7, 11) is 0. The molecule has 0 aromatic heterocycles. The Labute approximate surface area is 171 Å². The lowest BCUT2D eigenvalue weighted by Crippen LogP contribution is -2.49. The van der Waals surface area contributed by atoms with Gasteiger partial charge in [-0.2, -0.15) is 12.6 Å². The van der Waals surface area contributed by atoms with Crippen LogP contribution in [0.5, 0.6) is 0 Å². The van der Waals surface area contributed by atoms with Gasteiger partial charge in [-0.25, -0.2) is 0 Å². The van der Waals surface area contributed by atoms with Gasteiger partial charge in [0.25, 0.3) is 0 Å². The molecule has 9 nitrogen and oxygen atoms in total. The second-order valence-electron chi connectivity index (χ2n) is 6.76. The Hall–Kier alpha value is -1.81. The first-order valence-corrected chi connectivity index (χ1v) is 10.2. The fourth-order valence-electron chi connectivity index (χ4n) is 2.60. The van der Waals surface area contributed by atoms with Gasteiger partial charge in [0, 0.05) is 18.2 Å². The van der Waals surface area contributed by atoms with E-state index in [1.807, 2.05) is 6.92 Å². The number of amides is 2. The lowest BCUT2D eigenvalue weighted by molar-refractivity contribution is -0.140. The summed E-state index contributed by atoms with van der Waals surface area (Å²) in [6.45, 7) is 3.49. The molecule has 2 amide bonds. The van der Waals surface area contributed by atoms with Gasteiger partial charge in [-0.1, -0.05) is 32.6 Å². The zero-order chi connectivity index (χ0) is 21.5. The molecule has 0 spiro atoms. The topological polar surface area (TPSA) is 145 Å². The van der Waals surface area contributed by atoms with Gasteiger partial charge in [0.05, 0.1) is 0 Å². The van der Waals surface area contributed by atoms with E-state index < -0.39 is 42.4 Å². The number of hydrogen-bond donors (Lipinski definition) is 6. The second-order valence-corrected chi connectivity index (χ2v) is 7.13. The Bertz CT molecular complexity index is 518. The third-order valence-corrected chi connectivity index (χ3v) is 4.55. The molecule has 0 aromatic rings. The predicted octanol–water partition coefficient (Wildman–Crippen LogP) is 0.784. The third-order valence-electron chi connectivity index (χ3n) is 4.18. The van der Waals surface area contributed by atoms with Crippen molar-refractivity contribution in [1.29, 1.82) is 0 Å². The van der Waals surface area contributed by atoms with E-state index in [0.29, 0.717) is 0 Å². The van der Waals surface area contributed by atoms with Crippen LogP contribution in [0.3, 0.4) is 0 Å². The third kappa shape index (κ3) is 12.6. The minimum absolute atomic E-state index is 0.00735. The van der Waals surface area contributed by atoms with E-state index in [1.165, 1.54) is 0 Å². The number of hydrogen-bond acceptors (Lipinski definition) is 6. The van der Waals surface area contributed by atoms with Crippen LogP contribution in [0.15, 0.2) is 0 Å². The lowest BCUT2D eigenvalue weighted by atomic mass is 10.1. The number of unbranched alkanes of at least 4 members (excludes halogenated alkanes) is 3. The van der Waals surface area contributed by atoms with Crippen molar-refractivity contribution >= 4 is 36.4 Å². The minimum atomic E-state index is -1.20. The van der Waals surface area contributed by atoms with E-state index in [0.717, 1.165) is 32.1 Å².